The summed E-state index contributed by atoms with van der Waals surface area (Å²) in [6.45, 7) is 2.65. The summed E-state index contributed by atoms with van der Waals surface area (Å²) in [5, 5.41) is 3.10. The van der Waals surface area contributed by atoms with Crippen molar-refractivity contribution in [1.82, 2.24) is 5.32 Å². The number of ketones is 1. The number of carbonyl (C=O) groups excluding carboxylic acids is 2. The molecule has 1 heterocycles. The van der Waals surface area contributed by atoms with Crippen molar-refractivity contribution in [2.45, 2.75) is 26.3 Å². The van der Waals surface area contributed by atoms with E-state index in [1.54, 1.807) is 11.8 Å². The van der Waals surface area contributed by atoms with E-state index in [1.165, 1.54) is 5.56 Å². The van der Waals surface area contributed by atoms with Gasteiger partial charge < -0.3 is 10.2 Å². The molecule has 1 amide bonds. The van der Waals surface area contributed by atoms with Crippen LogP contribution in [0.2, 0.25) is 0 Å². The number of rotatable bonds is 4. The molecule has 1 aromatic carbocycles. The highest BCUT2D eigenvalue weighted by atomic mass is 16.2. The lowest BCUT2D eigenvalue weighted by atomic mass is 9.99. The minimum atomic E-state index is 0.137. The number of aryl methyl sites for hydroxylation is 1. The van der Waals surface area contributed by atoms with E-state index >= 15 is 0 Å². The van der Waals surface area contributed by atoms with Crippen LogP contribution in [0.5, 0.6) is 0 Å². The molecule has 0 spiro atoms. The Balaban J connectivity index is 2.08. The summed E-state index contributed by atoms with van der Waals surface area (Å²) < 4.78 is 0. The van der Waals surface area contributed by atoms with Gasteiger partial charge in [0.25, 0.3) is 0 Å². The molecule has 0 atom stereocenters. The minimum Gasteiger partial charge on any atom is -0.315 e. The van der Waals surface area contributed by atoms with Crippen LogP contribution in [0.15, 0.2) is 18.2 Å². The van der Waals surface area contributed by atoms with Crippen LogP contribution in [0.1, 0.15) is 24.5 Å². The lowest BCUT2D eigenvalue weighted by Gasteiger charge is -2.26. The molecular weight excluding hydrogens is 228 g/mol. The molecule has 18 heavy (non-hydrogen) atoms. The van der Waals surface area contributed by atoms with Gasteiger partial charge in [-0.2, -0.15) is 0 Å². The fourth-order valence-corrected chi connectivity index (χ4v) is 2.20. The van der Waals surface area contributed by atoms with Crippen molar-refractivity contribution in [3.8, 4) is 0 Å². The SMILES string of the molecule is CC(=O)CNCc1ccc2c(c1)CCC(=O)N2C. The number of anilines is 1. The van der Waals surface area contributed by atoms with Gasteiger partial charge in [-0.3, -0.25) is 9.59 Å². The van der Waals surface area contributed by atoms with E-state index < -0.39 is 0 Å². The van der Waals surface area contributed by atoms with Gasteiger partial charge in [0.05, 0.1) is 6.54 Å². The molecule has 0 fully saturated rings. The molecule has 0 bridgehead atoms. The summed E-state index contributed by atoms with van der Waals surface area (Å²) >= 11 is 0. The number of fused-ring (bicyclic) bond motifs is 1. The smallest absolute Gasteiger partial charge is 0.227 e. The molecule has 0 saturated heterocycles. The molecule has 0 unspecified atom stereocenters. The Labute approximate surface area is 107 Å². The zero-order valence-electron chi connectivity index (χ0n) is 10.8. The second-order valence-electron chi connectivity index (χ2n) is 4.72. The first-order valence-electron chi connectivity index (χ1n) is 6.16. The summed E-state index contributed by atoms with van der Waals surface area (Å²) in [6, 6.07) is 6.10. The van der Waals surface area contributed by atoms with E-state index in [1.807, 2.05) is 19.2 Å². The molecule has 0 saturated carbocycles. The average Bonchev–Trinajstić information content (AvgIpc) is 2.33. The zero-order chi connectivity index (χ0) is 13.1. The standard InChI is InChI=1S/C14H18N2O2/c1-10(17)8-15-9-11-3-5-13-12(7-11)4-6-14(18)16(13)2/h3,5,7,15H,4,6,8-9H2,1-2H3. The van der Waals surface area contributed by atoms with E-state index in [2.05, 4.69) is 11.4 Å². The maximum Gasteiger partial charge on any atom is 0.227 e. The largest absolute Gasteiger partial charge is 0.315 e. The number of nitrogens with one attached hydrogen (secondary N) is 1. The van der Waals surface area contributed by atoms with E-state index in [4.69, 9.17) is 0 Å². The Hall–Kier alpha value is -1.68. The van der Waals surface area contributed by atoms with Crippen molar-refractivity contribution in [1.29, 1.82) is 0 Å². The molecule has 1 aliphatic rings. The monoisotopic (exact) mass is 246 g/mol. The number of carbonyl (C=O) groups is 2. The van der Waals surface area contributed by atoms with Crippen molar-refractivity contribution in [2.24, 2.45) is 0 Å². The summed E-state index contributed by atoms with van der Waals surface area (Å²) in [6.07, 6.45) is 1.38. The van der Waals surface area contributed by atoms with Gasteiger partial charge in [0.1, 0.15) is 5.78 Å². The average molecular weight is 246 g/mol. The van der Waals surface area contributed by atoms with Gasteiger partial charge in [0.15, 0.2) is 0 Å². The molecule has 4 nitrogen and oxygen atoms in total. The van der Waals surface area contributed by atoms with Crippen LogP contribution in [0.3, 0.4) is 0 Å². The molecule has 96 valence electrons. The van der Waals surface area contributed by atoms with Gasteiger partial charge in [0.2, 0.25) is 5.91 Å². The minimum absolute atomic E-state index is 0.137. The molecule has 0 aliphatic carbocycles. The number of hydrogen-bond donors (Lipinski definition) is 1. The first kappa shape index (κ1) is 12.8. The number of Topliss-reactive ketones (excluding diaryl/α,β-unsaturated/α-hetero) is 1. The number of nitrogens with zero attached hydrogens (tertiary/aromatic N) is 1. The van der Waals surface area contributed by atoms with Crippen LogP contribution >= 0.6 is 0 Å². The van der Waals surface area contributed by atoms with E-state index in [9.17, 15) is 9.59 Å². The summed E-state index contributed by atoms with van der Waals surface area (Å²) in [5.74, 6) is 0.309. The van der Waals surface area contributed by atoms with Gasteiger partial charge in [-0.15, -0.1) is 0 Å². The van der Waals surface area contributed by atoms with Gasteiger partial charge in [-0.05, 0) is 30.5 Å². The van der Waals surface area contributed by atoms with Crippen LogP contribution < -0.4 is 10.2 Å². The number of amides is 1. The van der Waals surface area contributed by atoms with Crippen LogP contribution in [0, 0.1) is 0 Å². The van der Waals surface area contributed by atoms with Crippen molar-refractivity contribution in [3.05, 3.63) is 29.3 Å². The highest BCUT2D eigenvalue weighted by molar-refractivity contribution is 5.95. The van der Waals surface area contributed by atoms with Crippen molar-refractivity contribution >= 4 is 17.4 Å². The van der Waals surface area contributed by atoms with Gasteiger partial charge in [-0.1, -0.05) is 12.1 Å². The van der Waals surface area contributed by atoms with Crippen molar-refractivity contribution < 1.29 is 9.59 Å². The molecule has 1 N–H and O–H groups in total. The zero-order valence-corrected chi connectivity index (χ0v) is 10.8. The Bertz CT molecular complexity index is 483. The first-order chi connectivity index (χ1) is 8.58. The molecule has 4 heteroatoms. The van der Waals surface area contributed by atoms with Gasteiger partial charge >= 0.3 is 0 Å². The quantitative estimate of drug-likeness (QED) is 0.870. The molecule has 1 aromatic rings. The Kier molecular flexibility index (Phi) is 3.77. The van der Waals surface area contributed by atoms with Crippen LogP contribution in [-0.4, -0.2) is 25.3 Å². The van der Waals surface area contributed by atoms with E-state index in [0.29, 0.717) is 19.5 Å². The number of hydrogen-bond acceptors (Lipinski definition) is 3. The summed E-state index contributed by atoms with van der Waals surface area (Å²) in [7, 11) is 1.81. The highest BCUT2D eigenvalue weighted by Gasteiger charge is 2.20. The van der Waals surface area contributed by atoms with Crippen LogP contribution in [0.4, 0.5) is 5.69 Å². The highest BCUT2D eigenvalue weighted by Crippen LogP contribution is 2.27. The molecule has 0 aromatic heterocycles. The van der Waals surface area contributed by atoms with Gasteiger partial charge in [-0.25, -0.2) is 0 Å². The molecule has 0 radical (unpaired) electrons. The maximum absolute atomic E-state index is 11.6. The van der Waals surface area contributed by atoms with Crippen molar-refractivity contribution in [2.75, 3.05) is 18.5 Å². The van der Waals surface area contributed by atoms with Crippen LogP contribution in [-0.2, 0) is 22.6 Å². The summed E-state index contributed by atoms with van der Waals surface area (Å²) in [4.78, 5) is 24.1. The normalized spacial score (nSPS) is 14.6. The Morgan fingerprint density at radius 2 is 2.17 bits per heavy atom. The lowest BCUT2D eigenvalue weighted by molar-refractivity contribution is -0.118. The van der Waals surface area contributed by atoms with Gasteiger partial charge in [0, 0.05) is 25.7 Å². The molecule has 1 aliphatic heterocycles. The predicted molar refractivity (Wildman–Crippen MR) is 70.6 cm³/mol. The summed E-state index contributed by atoms with van der Waals surface area (Å²) in [5.41, 5.74) is 3.36. The van der Waals surface area contributed by atoms with Crippen LogP contribution in [0.25, 0.3) is 0 Å². The first-order valence-corrected chi connectivity index (χ1v) is 6.16. The predicted octanol–water partition coefficient (Wildman–Crippen LogP) is 1.27. The Morgan fingerprint density at radius 3 is 2.89 bits per heavy atom. The van der Waals surface area contributed by atoms with E-state index in [-0.39, 0.29) is 11.7 Å². The molecular formula is C14H18N2O2. The maximum atomic E-state index is 11.6. The fraction of sp³-hybridized carbons (Fsp3) is 0.429. The lowest BCUT2D eigenvalue weighted by Crippen LogP contribution is -2.31. The third-order valence-corrected chi connectivity index (χ3v) is 3.19. The third-order valence-electron chi connectivity index (χ3n) is 3.19. The fourth-order valence-electron chi connectivity index (χ4n) is 2.20. The topological polar surface area (TPSA) is 49.4 Å². The third kappa shape index (κ3) is 2.76. The van der Waals surface area contributed by atoms with Crippen molar-refractivity contribution in [3.63, 3.8) is 0 Å². The molecule has 2 rings (SSSR count). The number of benzene rings is 1. The second kappa shape index (κ2) is 5.31. The van der Waals surface area contributed by atoms with E-state index in [0.717, 1.165) is 17.7 Å². The Morgan fingerprint density at radius 1 is 1.39 bits per heavy atom. The second-order valence-corrected chi connectivity index (χ2v) is 4.72.